The molecule has 0 radical (unpaired) electrons. The molecule has 0 rings (SSSR count). The molecule has 24 heavy (non-hydrogen) atoms. The summed E-state index contributed by atoms with van der Waals surface area (Å²) in [6.07, 6.45) is -4.74. The summed E-state index contributed by atoms with van der Waals surface area (Å²) < 4.78 is 10.5. The Morgan fingerprint density at radius 1 is 0.583 bits per heavy atom. The summed E-state index contributed by atoms with van der Waals surface area (Å²) in [5, 5.41) is 19.9. The van der Waals surface area contributed by atoms with Gasteiger partial charge in [0.1, 0.15) is 12.2 Å². The third kappa shape index (κ3) is 6.77. The fraction of sp³-hybridized carbons (Fsp3) is 0.889. The van der Waals surface area contributed by atoms with E-state index in [1.807, 2.05) is 55.4 Å². The minimum Gasteiger partial charge on any atom is -0.460 e. The van der Waals surface area contributed by atoms with Crippen LogP contribution in [-0.2, 0) is 19.1 Å². The molecule has 0 heterocycles. The quantitative estimate of drug-likeness (QED) is 0.622. The van der Waals surface area contributed by atoms with Gasteiger partial charge in [0.15, 0.2) is 12.2 Å². The summed E-state index contributed by atoms with van der Waals surface area (Å²) in [6.45, 7) is 15.1. The first-order valence-corrected chi connectivity index (χ1v) is 8.67. The molecule has 0 aromatic carbocycles. The summed E-state index contributed by atoms with van der Waals surface area (Å²) in [7, 11) is 0. The Balaban J connectivity index is 4.87. The van der Waals surface area contributed by atoms with Gasteiger partial charge >= 0.3 is 11.9 Å². The van der Waals surface area contributed by atoms with Gasteiger partial charge in [-0.05, 0) is 23.7 Å². The van der Waals surface area contributed by atoms with Gasteiger partial charge in [-0.3, -0.25) is 0 Å². The molecule has 0 spiro atoms. The molecule has 2 N–H and O–H groups in total. The Hall–Kier alpha value is -1.14. The third-order valence-electron chi connectivity index (χ3n) is 3.91. The number of ether oxygens (including phenoxy) is 2. The summed E-state index contributed by atoms with van der Waals surface area (Å²) in [6, 6.07) is 0. The van der Waals surface area contributed by atoms with Gasteiger partial charge in [-0.1, -0.05) is 55.4 Å². The Labute approximate surface area is 145 Å². The van der Waals surface area contributed by atoms with E-state index in [9.17, 15) is 19.8 Å². The van der Waals surface area contributed by atoms with Gasteiger partial charge in [-0.15, -0.1) is 0 Å². The Morgan fingerprint density at radius 2 is 0.792 bits per heavy atom. The third-order valence-corrected chi connectivity index (χ3v) is 3.91. The number of carbonyl (C=O) groups excluding carboxylic acids is 2. The zero-order chi connectivity index (χ0) is 19.2. The predicted octanol–water partition coefficient (Wildman–Crippen LogP) is 2.16. The molecule has 0 fully saturated rings. The SMILES string of the molecule is CC(C)C(OC(=O)[C@H](O)[C@@H](O)C(=O)OC(C(C)C)C(C)C)C(C)C. The highest BCUT2D eigenvalue weighted by molar-refractivity contribution is 5.85. The Morgan fingerprint density at radius 3 is 0.958 bits per heavy atom. The van der Waals surface area contributed by atoms with Gasteiger partial charge in [0.25, 0.3) is 0 Å². The first-order valence-electron chi connectivity index (χ1n) is 8.67. The van der Waals surface area contributed by atoms with Crippen molar-refractivity contribution in [3.8, 4) is 0 Å². The largest absolute Gasteiger partial charge is 0.460 e. The van der Waals surface area contributed by atoms with Crippen LogP contribution in [0.2, 0.25) is 0 Å². The molecule has 6 nitrogen and oxygen atoms in total. The van der Waals surface area contributed by atoms with E-state index in [4.69, 9.17) is 9.47 Å². The monoisotopic (exact) mass is 346 g/mol. The van der Waals surface area contributed by atoms with Crippen LogP contribution in [0.3, 0.4) is 0 Å². The van der Waals surface area contributed by atoms with Crippen molar-refractivity contribution in [2.24, 2.45) is 23.7 Å². The second-order valence-corrected chi connectivity index (χ2v) is 7.67. The number of carbonyl (C=O) groups is 2. The maximum atomic E-state index is 12.0. The van der Waals surface area contributed by atoms with Crippen LogP contribution in [0, 0.1) is 23.7 Å². The molecular weight excluding hydrogens is 312 g/mol. The highest BCUT2D eigenvalue weighted by Gasteiger charge is 2.37. The van der Waals surface area contributed by atoms with E-state index < -0.39 is 36.4 Å². The van der Waals surface area contributed by atoms with E-state index in [0.29, 0.717) is 0 Å². The lowest BCUT2D eigenvalue weighted by atomic mass is 9.96. The van der Waals surface area contributed by atoms with E-state index in [-0.39, 0.29) is 23.7 Å². The molecule has 0 bridgehead atoms. The lowest BCUT2D eigenvalue weighted by Crippen LogP contribution is -2.45. The van der Waals surface area contributed by atoms with Crippen molar-refractivity contribution in [2.75, 3.05) is 0 Å². The highest BCUT2D eigenvalue weighted by atomic mass is 16.6. The fourth-order valence-corrected chi connectivity index (χ4v) is 2.75. The molecule has 0 aliphatic heterocycles. The van der Waals surface area contributed by atoms with Gasteiger partial charge < -0.3 is 19.7 Å². The first-order chi connectivity index (χ1) is 10.9. The number of aliphatic hydroxyl groups excluding tert-OH is 2. The van der Waals surface area contributed by atoms with Gasteiger partial charge in [0, 0.05) is 0 Å². The fourth-order valence-electron chi connectivity index (χ4n) is 2.75. The van der Waals surface area contributed by atoms with Crippen LogP contribution in [0.1, 0.15) is 55.4 Å². The number of hydrogen-bond donors (Lipinski definition) is 2. The molecule has 2 atom stereocenters. The van der Waals surface area contributed by atoms with Gasteiger partial charge in [-0.2, -0.15) is 0 Å². The number of aliphatic hydroxyl groups is 2. The molecule has 0 aliphatic rings. The Bertz CT molecular complexity index is 348. The van der Waals surface area contributed by atoms with Crippen LogP contribution < -0.4 is 0 Å². The van der Waals surface area contributed by atoms with Crippen LogP contribution in [0.5, 0.6) is 0 Å². The second-order valence-electron chi connectivity index (χ2n) is 7.67. The summed E-state index contributed by atoms with van der Waals surface area (Å²) in [5.41, 5.74) is 0. The predicted molar refractivity (Wildman–Crippen MR) is 91.1 cm³/mol. The summed E-state index contributed by atoms with van der Waals surface area (Å²) in [4.78, 5) is 24.0. The van der Waals surface area contributed by atoms with Crippen molar-refractivity contribution in [3.63, 3.8) is 0 Å². The second kappa shape index (κ2) is 9.99. The van der Waals surface area contributed by atoms with Crippen LogP contribution in [0.4, 0.5) is 0 Å². The lowest BCUT2D eigenvalue weighted by molar-refractivity contribution is -0.183. The molecule has 0 aromatic heterocycles. The highest BCUT2D eigenvalue weighted by Crippen LogP contribution is 2.19. The van der Waals surface area contributed by atoms with Crippen molar-refractivity contribution in [3.05, 3.63) is 0 Å². The maximum Gasteiger partial charge on any atom is 0.338 e. The molecule has 0 amide bonds. The smallest absolute Gasteiger partial charge is 0.338 e. The average molecular weight is 346 g/mol. The zero-order valence-corrected chi connectivity index (χ0v) is 16.1. The van der Waals surface area contributed by atoms with Crippen LogP contribution >= 0.6 is 0 Å². The van der Waals surface area contributed by atoms with Gasteiger partial charge in [0.2, 0.25) is 0 Å². The minimum atomic E-state index is -1.96. The molecule has 6 heteroatoms. The maximum absolute atomic E-state index is 12.0. The number of esters is 2. The number of rotatable bonds is 9. The van der Waals surface area contributed by atoms with E-state index in [1.54, 1.807) is 0 Å². The van der Waals surface area contributed by atoms with E-state index in [1.165, 1.54) is 0 Å². The molecule has 0 aromatic rings. The van der Waals surface area contributed by atoms with Gasteiger partial charge in [-0.25, -0.2) is 9.59 Å². The van der Waals surface area contributed by atoms with E-state index in [0.717, 1.165) is 0 Å². The molecule has 0 aliphatic carbocycles. The van der Waals surface area contributed by atoms with Gasteiger partial charge in [0.05, 0.1) is 0 Å². The average Bonchev–Trinajstić information content (AvgIpc) is 2.46. The van der Waals surface area contributed by atoms with Crippen LogP contribution in [0.25, 0.3) is 0 Å². The molecular formula is C18H34O6. The van der Waals surface area contributed by atoms with Crippen molar-refractivity contribution in [1.82, 2.24) is 0 Å². The van der Waals surface area contributed by atoms with Crippen LogP contribution in [-0.4, -0.2) is 46.6 Å². The van der Waals surface area contributed by atoms with E-state index in [2.05, 4.69) is 0 Å². The van der Waals surface area contributed by atoms with E-state index >= 15 is 0 Å². The van der Waals surface area contributed by atoms with Crippen molar-refractivity contribution in [1.29, 1.82) is 0 Å². The van der Waals surface area contributed by atoms with Crippen LogP contribution in [0.15, 0.2) is 0 Å². The van der Waals surface area contributed by atoms with Crippen molar-refractivity contribution in [2.45, 2.75) is 79.8 Å². The molecule has 0 unspecified atom stereocenters. The van der Waals surface area contributed by atoms with Crippen molar-refractivity contribution < 1.29 is 29.3 Å². The lowest BCUT2D eigenvalue weighted by Gasteiger charge is -2.28. The number of hydrogen-bond acceptors (Lipinski definition) is 6. The topological polar surface area (TPSA) is 93.1 Å². The molecule has 0 saturated carbocycles. The standard InChI is InChI=1S/C18H34O6/c1-9(2)15(10(3)4)23-17(21)13(19)14(20)18(22)24-16(11(5)6)12(7)8/h9-16,19-20H,1-8H3/t13-,14-/m1/s1. The Kier molecular flexibility index (Phi) is 9.51. The summed E-state index contributed by atoms with van der Waals surface area (Å²) in [5.74, 6) is -1.82. The zero-order valence-electron chi connectivity index (χ0n) is 16.1. The van der Waals surface area contributed by atoms with Crippen molar-refractivity contribution >= 4 is 11.9 Å². The molecule has 142 valence electrons. The summed E-state index contributed by atoms with van der Waals surface area (Å²) >= 11 is 0. The first kappa shape index (κ1) is 22.9. The molecule has 0 saturated heterocycles. The minimum absolute atomic E-state index is 0.0523. The normalized spacial score (nSPS) is 14.8.